The van der Waals surface area contributed by atoms with Crippen LogP contribution in [0.5, 0.6) is 0 Å². The highest BCUT2D eigenvalue weighted by Gasteiger charge is 2.00. The smallest absolute Gasteiger partial charge is 0.0288 e. The average molecular weight is 145 g/mol. The Hall–Kier alpha value is 0.430. The van der Waals surface area contributed by atoms with Crippen molar-refractivity contribution in [2.45, 2.75) is 39.5 Å². The SMILES string of the molecule is CCCCC(CC)C[PH]. The summed E-state index contributed by atoms with van der Waals surface area (Å²) >= 11 is 0. The van der Waals surface area contributed by atoms with Gasteiger partial charge in [0.2, 0.25) is 0 Å². The minimum Gasteiger partial charge on any atom is -0.0990 e. The number of hydrogen-bond donors (Lipinski definition) is 0. The predicted octanol–water partition coefficient (Wildman–Crippen LogP) is 3.35. The van der Waals surface area contributed by atoms with Gasteiger partial charge in [0.25, 0.3) is 0 Å². The summed E-state index contributed by atoms with van der Waals surface area (Å²) in [6.07, 6.45) is 6.63. The molecule has 0 aliphatic rings. The Kier molecular flexibility index (Phi) is 6.86. The van der Waals surface area contributed by atoms with E-state index in [1.165, 1.54) is 31.8 Å². The van der Waals surface area contributed by atoms with Crippen molar-refractivity contribution in [1.29, 1.82) is 0 Å². The minimum absolute atomic E-state index is 0.918. The van der Waals surface area contributed by atoms with Crippen LogP contribution >= 0.6 is 9.24 Å². The molecule has 0 aromatic rings. The molecule has 0 saturated heterocycles. The van der Waals surface area contributed by atoms with Crippen LogP contribution in [0.1, 0.15) is 39.5 Å². The van der Waals surface area contributed by atoms with Gasteiger partial charge >= 0.3 is 0 Å². The normalized spacial score (nSPS) is 13.7. The lowest BCUT2D eigenvalue weighted by Crippen LogP contribution is -1.98. The molecule has 0 amide bonds. The van der Waals surface area contributed by atoms with E-state index in [-0.39, 0.29) is 0 Å². The van der Waals surface area contributed by atoms with Gasteiger partial charge in [-0.15, -0.1) is 0 Å². The third-order valence-electron chi connectivity index (χ3n) is 1.83. The Morgan fingerprint density at radius 1 is 1.33 bits per heavy atom. The van der Waals surface area contributed by atoms with Gasteiger partial charge in [-0.05, 0) is 12.1 Å². The van der Waals surface area contributed by atoms with E-state index < -0.39 is 0 Å². The lowest BCUT2D eigenvalue weighted by Gasteiger charge is -2.09. The number of rotatable bonds is 5. The molecule has 1 atom stereocenters. The van der Waals surface area contributed by atoms with Crippen LogP contribution in [-0.2, 0) is 0 Å². The number of unbranched alkanes of at least 4 members (excludes halogenated alkanes) is 1. The first-order chi connectivity index (χ1) is 4.35. The Morgan fingerprint density at radius 3 is 2.33 bits per heavy atom. The Morgan fingerprint density at radius 2 is 2.00 bits per heavy atom. The lowest BCUT2D eigenvalue weighted by atomic mass is 10.0. The van der Waals surface area contributed by atoms with Crippen LogP contribution in [0, 0.1) is 5.92 Å². The van der Waals surface area contributed by atoms with E-state index in [0.717, 1.165) is 5.92 Å². The fourth-order valence-electron chi connectivity index (χ4n) is 0.943. The molecule has 0 saturated carbocycles. The highest BCUT2D eigenvalue weighted by molar-refractivity contribution is 7.16. The van der Waals surface area contributed by atoms with Gasteiger partial charge in [0.05, 0.1) is 0 Å². The second-order valence-corrected chi connectivity index (χ2v) is 3.03. The molecule has 0 heterocycles. The van der Waals surface area contributed by atoms with Gasteiger partial charge in [0, 0.05) is 0 Å². The van der Waals surface area contributed by atoms with Crippen LogP contribution in [-0.4, -0.2) is 6.16 Å². The largest absolute Gasteiger partial charge is 0.0990 e. The van der Waals surface area contributed by atoms with E-state index in [4.69, 9.17) is 0 Å². The Bertz CT molecular complexity index is 48.5. The summed E-state index contributed by atoms with van der Waals surface area (Å²) < 4.78 is 0. The van der Waals surface area contributed by atoms with Crippen molar-refractivity contribution in [2.24, 2.45) is 5.92 Å². The first-order valence-corrected chi connectivity index (χ1v) is 4.70. The van der Waals surface area contributed by atoms with Crippen molar-refractivity contribution in [1.82, 2.24) is 0 Å². The van der Waals surface area contributed by atoms with Crippen LogP contribution in [0.15, 0.2) is 0 Å². The van der Waals surface area contributed by atoms with Crippen LogP contribution in [0.25, 0.3) is 0 Å². The second-order valence-electron chi connectivity index (χ2n) is 2.62. The summed E-state index contributed by atoms with van der Waals surface area (Å²) in [6, 6.07) is 0. The maximum Gasteiger partial charge on any atom is -0.0288 e. The first-order valence-electron chi connectivity index (χ1n) is 3.99. The van der Waals surface area contributed by atoms with E-state index in [9.17, 15) is 0 Å². The molecule has 1 unspecified atom stereocenters. The second kappa shape index (κ2) is 6.55. The molecule has 0 rings (SSSR count). The molecule has 0 aromatic heterocycles. The van der Waals surface area contributed by atoms with Crippen LogP contribution in [0.4, 0.5) is 0 Å². The zero-order valence-electron chi connectivity index (χ0n) is 6.61. The Labute approximate surface area is 61.6 Å². The van der Waals surface area contributed by atoms with E-state index in [1.807, 2.05) is 0 Å². The van der Waals surface area contributed by atoms with Gasteiger partial charge in [0.15, 0.2) is 0 Å². The average Bonchev–Trinajstić information content (AvgIpc) is 1.91. The monoisotopic (exact) mass is 145 g/mol. The van der Waals surface area contributed by atoms with Crippen molar-refractivity contribution in [3.63, 3.8) is 0 Å². The predicted molar refractivity (Wildman–Crippen MR) is 46.5 cm³/mol. The summed E-state index contributed by atoms with van der Waals surface area (Å²) in [4.78, 5) is 0. The molecule has 1 radical (unpaired) electrons. The minimum atomic E-state index is 0.918. The molecule has 0 N–H and O–H groups in total. The molecule has 9 heavy (non-hydrogen) atoms. The zero-order chi connectivity index (χ0) is 7.11. The molecule has 0 bridgehead atoms. The molecule has 0 spiro atoms. The van der Waals surface area contributed by atoms with Gasteiger partial charge in [-0.25, -0.2) is 0 Å². The first kappa shape index (κ1) is 9.43. The lowest BCUT2D eigenvalue weighted by molar-refractivity contribution is 0.499. The quantitative estimate of drug-likeness (QED) is 0.520. The molecular weight excluding hydrogens is 127 g/mol. The molecule has 1 heteroatoms. The van der Waals surface area contributed by atoms with Crippen molar-refractivity contribution in [3.05, 3.63) is 0 Å². The van der Waals surface area contributed by atoms with Gasteiger partial charge < -0.3 is 0 Å². The van der Waals surface area contributed by atoms with Crippen LogP contribution in [0.3, 0.4) is 0 Å². The maximum absolute atomic E-state index is 3.55. The van der Waals surface area contributed by atoms with Crippen molar-refractivity contribution in [3.8, 4) is 0 Å². The summed E-state index contributed by atoms with van der Waals surface area (Å²) in [5.74, 6) is 0.918. The molecule has 0 fully saturated rings. The van der Waals surface area contributed by atoms with Crippen LogP contribution in [0.2, 0.25) is 0 Å². The molecule has 0 aliphatic carbocycles. The molecular formula is C8H18P. The fraction of sp³-hybridized carbons (Fsp3) is 1.00. The molecule has 0 aromatic carbocycles. The summed E-state index contributed by atoms with van der Waals surface area (Å²) in [5, 5.41) is 0. The summed E-state index contributed by atoms with van der Waals surface area (Å²) in [6.45, 7) is 4.51. The van der Waals surface area contributed by atoms with Crippen molar-refractivity contribution < 1.29 is 0 Å². The highest BCUT2D eigenvalue weighted by atomic mass is 31.0. The summed E-state index contributed by atoms with van der Waals surface area (Å²) in [5.41, 5.74) is 0. The van der Waals surface area contributed by atoms with Gasteiger partial charge in [-0.2, -0.15) is 0 Å². The van der Waals surface area contributed by atoms with Gasteiger partial charge in [-0.1, -0.05) is 48.8 Å². The van der Waals surface area contributed by atoms with Gasteiger partial charge in [0.1, 0.15) is 0 Å². The van der Waals surface area contributed by atoms with E-state index in [0.29, 0.717) is 0 Å². The third-order valence-corrected chi connectivity index (χ3v) is 2.41. The van der Waals surface area contributed by atoms with Gasteiger partial charge in [-0.3, -0.25) is 0 Å². The standard InChI is InChI=1S/C8H18P/c1-3-5-6-8(4-2)7-9/h8-9H,3-7H2,1-2H3. The highest BCUT2D eigenvalue weighted by Crippen LogP contribution is 2.14. The van der Waals surface area contributed by atoms with Crippen LogP contribution < -0.4 is 0 Å². The third kappa shape index (κ3) is 4.90. The zero-order valence-corrected chi connectivity index (χ0v) is 7.61. The molecule has 0 nitrogen and oxygen atoms in total. The summed E-state index contributed by atoms with van der Waals surface area (Å²) in [7, 11) is 3.55. The number of hydrogen-bond acceptors (Lipinski definition) is 0. The Balaban J connectivity index is 3.09. The van der Waals surface area contributed by atoms with Crippen molar-refractivity contribution >= 4 is 9.24 Å². The fourth-order valence-corrected chi connectivity index (χ4v) is 1.44. The molecule has 55 valence electrons. The van der Waals surface area contributed by atoms with E-state index >= 15 is 0 Å². The van der Waals surface area contributed by atoms with E-state index in [2.05, 4.69) is 23.1 Å². The van der Waals surface area contributed by atoms with E-state index in [1.54, 1.807) is 0 Å². The van der Waals surface area contributed by atoms with Crippen molar-refractivity contribution in [2.75, 3.05) is 6.16 Å². The molecule has 0 aliphatic heterocycles. The maximum atomic E-state index is 3.55. The topological polar surface area (TPSA) is 0 Å².